The van der Waals surface area contributed by atoms with Crippen molar-refractivity contribution in [1.82, 2.24) is 9.47 Å². The maximum atomic E-state index is 13.0. The van der Waals surface area contributed by atoms with Crippen LogP contribution in [0.25, 0.3) is 11.1 Å². The third-order valence-corrected chi connectivity index (χ3v) is 4.86. The lowest BCUT2D eigenvalue weighted by Crippen LogP contribution is -2.32. The Morgan fingerprint density at radius 3 is 2.08 bits per heavy atom. The summed E-state index contributed by atoms with van der Waals surface area (Å²) in [4.78, 5) is 26.6. The molecule has 0 aliphatic heterocycles. The number of hydrogen-bond donors (Lipinski definition) is 0. The zero-order chi connectivity index (χ0) is 17.6. The summed E-state index contributed by atoms with van der Waals surface area (Å²) in [6.45, 7) is 0. The molecule has 0 saturated carbocycles. The maximum Gasteiger partial charge on any atom is 0.254 e. The number of hydrogen-bond acceptors (Lipinski definition) is 2. The van der Waals surface area contributed by atoms with Crippen LogP contribution < -0.4 is 5.56 Å². The van der Waals surface area contributed by atoms with E-state index in [1.807, 2.05) is 24.3 Å². The standard InChI is InChI=1S/C21H18N2O2/c1-22-12-11-14(13-19(22)24)21(25)23(2)20-17-9-5-3-7-15(17)16-8-4-6-10-18(16)20/h3-13,20H,1-2H3. The average Bonchev–Trinajstić information content (AvgIpc) is 2.97. The van der Waals surface area contributed by atoms with Crippen molar-refractivity contribution in [2.45, 2.75) is 6.04 Å². The molecule has 1 aliphatic carbocycles. The van der Waals surface area contributed by atoms with Crippen LogP contribution in [-0.4, -0.2) is 22.4 Å². The third kappa shape index (κ3) is 2.38. The van der Waals surface area contributed by atoms with Gasteiger partial charge in [-0.25, -0.2) is 0 Å². The van der Waals surface area contributed by atoms with Gasteiger partial charge in [-0.2, -0.15) is 0 Å². The van der Waals surface area contributed by atoms with Crippen molar-refractivity contribution in [3.05, 3.63) is 93.9 Å². The molecule has 1 amide bonds. The van der Waals surface area contributed by atoms with E-state index in [-0.39, 0.29) is 17.5 Å². The number of pyridine rings is 1. The lowest BCUT2D eigenvalue weighted by molar-refractivity contribution is 0.0757. The Kier molecular flexibility index (Phi) is 3.53. The molecule has 124 valence electrons. The molecule has 1 heterocycles. The Hall–Kier alpha value is -3.14. The summed E-state index contributed by atoms with van der Waals surface area (Å²) in [7, 11) is 3.47. The van der Waals surface area contributed by atoms with Crippen LogP contribution in [-0.2, 0) is 7.05 Å². The fourth-order valence-electron chi connectivity index (χ4n) is 3.55. The van der Waals surface area contributed by atoms with Gasteiger partial charge >= 0.3 is 0 Å². The molecule has 0 radical (unpaired) electrons. The molecule has 0 unspecified atom stereocenters. The van der Waals surface area contributed by atoms with Crippen LogP contribution in [0.2, 0.25) is 0 Å². The van der Waals surface area contributed by atoms with Gasteiger partial charge in [0.15, 0.2) is 0 Å². The highest BCUT2D eigenvalue weighted by Crippen LogP contribution is 2.45. The number of carbonyl (C=O) groups is 1. The minimum absolute atomic E-state index is 0.149. The van der Waals surface area contributed by atoms with Crippen LogP contribution in [0.4, 0.5) is 0 Å². The molecule has 4 nitrogen and oxygen atoms in total. The predicted molar refractivity (Wildman–Crippen MR) is 97.5 cm³/mol. The summed E-state index contributed by atoms with van der Waals surface area (Å²) >= 11 is 0. The predicted octanol–water partition coefficient (Wildman–Crippen LogP) is 3.23. The van der Waals surface area contributed by atoms with Crippen LogP contribution in [0, 0.1) is 0 Å². The molecule has 0 saturated heterocycles. The van der Waals surface area contributed by atoms with Gasteiger partial charge in [0.25, 0.3) is 11.5 Å². The summed E-state index contributed by atoms with van der Waals surface area (Å²) < 4.78 is 1.46. The first-order valence-corrected chi connectivity index (χ1v) is 8.20. The molecule has 0 fully saturated rings. The number of amides is 1. The van der Waals surface area contributed by atoms with Gasteiger partial charge in [0.2, 0.25) is 0 Å². The Bertz CT molecular complexity index is 990. The van der Waals surface area contributed by atoms with E-state index in [1.165, 1.54) is 10.6 Å². The molecule has 1 aliphatic rings. The van der Waals surface area contributed by atoms with Gasteiger partial charge in [-0.05, 0) is 28.3 Å². The van der Waals surface area contributed by atoms with Crippen molar-refractivity contribution in [2.24, 2.45) is 7.05 Å². The van der Waals surface area contributed by atoms with E-state index in [0.717, 1.165) is 22.3 Å². The van der Waals surface area contributed by atoms with Gasteiger partial charge in [0.1, 0.15) is 0 Å². The van der Waals surface area contributed by atoms with E-state index in [4.69, 9.17) is 0 Å². The Balaban J connectivity index is 1.79. The van der Waals surface area contributed by atoms with E-state index >= 15 is 0 Å². The number of nitrogens with zero attached hydrogens (tertiary/aromatic N) is 2. The van der Waals surface area contributed by atoms with Crippen molar-refractivity contribution < 1.29 is 4.79 Å². The molecular formula is C21H18N2O2. The van der Waals surface area contributed by atoms with Gasteiger partial charge in [-0.3, -0.25) is 9.59 Å². The first kappa shape index (κ1) is 15.4. The molecule has 0 N–H and O–H groups in total. The second-order valence-corrected chi connectivity index (χ2v) is 6.36. The van der Waals surface area contributed by atoms with E-state index in [9.17, 15) is 9.59 Å². The SMILES string of the molecule is CN(C(=O)c1ccn(C)c(=O)c1)C1c2ccccc2-c2ccccc21. The summed E-state index contributed by atoms with van der Waals surface area (Å²) in [5.41, 5.74) is 4.77. The average molecular weight is 330 g/mol. The highest BCUT2D eigenvalue weighted by Gasteiger charge is 2.33. The number of aryl methyl sites for hydroxylation is 1. The normalized spacial score (nSPS) is 12.6. The van der Waals surface area contributed by atoms with Crippen LogP contribution in [0.3, 0.4) is 0 Å². The smallest absolute Gasteiger partial charge is 0.254 e. The first-order valence-electron chi connectivity index (χ1n) is 8.20. The highest BCUT2D eigenvalue weighted by atomic mass is 16.2. The van der Waals surface area contributed by atoms with Gasteiger partial charge in [-0.15, -0.1) is 0 Å². The van der Waals surface area contributed by atoms with E-state index in [0.29, 0.717) is 5.56 Å². The molecule has 0 spiro atoms. The molecule has 4 rings (SSSR count). The quantitative estimate of drug-likeness (QED) is 0.724. The Morgan fingerprint density at radius 1 is 0.960 bits per heavy atom. The van der Waals surface area contributed by atoms with Crippen molar-refractivity contribution in [1.29, 1.82) is 0 Å². The van der Waals surface area contributed by atoms with Crippen LogP contribution in [0.15, 0.2) is 71.7 Å². The van der Waals surface area contributed by atoms with E-state index in [2.05, 4.69) is 24.3 Å². The molecule has 2 aromatic carbocycles. The van der Waals surface area contributed by atoms with E-state index in [1.54, 1.807) is 31.3 Å². The van der Waals surface area contributed by atoms with Crippen LogP contribution in [0.5, 0.6) is 0 Å². The van der Waals surface area contributed by atoms with Crippen LogP contribution in [0.1, 0.15) is 27.5 Å². The Labute approximate surface area is 146 Å². The van der Waals surface area contributed by atoms with Crippen molar-refractivity contribution in [3.63, 3.8) is 0 Å². The fraction of sp³-hybridized carbons (Fsp3) is 0.143. The molecule has 0 bridgehead atoms. The van der Waals surface area contributed by atoms with Gasteiger partial charge in [-0.1, -0.05) is 48.5 Å². The lowest BCUT2D eigenvalue weighted by Gasteiger charge is -2.26. The minimum Gasteiger partial charge on any atom is -0.331 e. The molecule has 0 atom stereocenters. The summed E-state index contributed by atoms with van der Waals surface area (Å²) in [5, 5.41) is 0. The molecular weight excluding hydrogens is 312 g/mol. The molecule has 1 aromatic heterocycles. The molecule has 4 heteroatoms. The molecule has 3 aromatic rings. The summed E-state index contributed by atoms with van der Waals surface area (Å²) in [6.07, 6.45) is 1.62. The maximum absolute atomic E-state index is 13.0. The van der Waals surface area contributed by atoms with Crippen molar-refractivity contribution in [3.8, 4) is 11.1 Å². The van der Waals surface area contributed by atoms with Gasteiger partial charge in [0, 0.05) is 31.9 Å². The van der Waals surface area contributed by atoms with Gasteiger partial charge in [0.05, 0.1) is 6.04 Å². The zero-order valence-corrected chi connectivity index (χ0v) is 14.1. The minimum atomic E-state index is -0.188. The largest absolute Gasteiger partial charge is 0.331 e. The molecule has 25 heavy (non-hydrogen) atoms. The number of fused-ring (bicyclic) bond motifs is 3. The fourth-order valence-corrected chi connectivity index (χ4v) is 3.55. The summed E-state index contributed by atoms with van der Waals surface area (Å²) in [5.74, 6) is -0.158. The Morgan fingerprint density at radius 2 is 1.52 bits per heavy atom. The van der Waals surface area contributed by atoms with Crippen molar-refractivity contribution >= 4 is 5.91 Å². The number of carbonyl (C=O) groups excluding carboxylic acids is 1. The second kappa shape index (κ2) is 5.74. The third-order valence-electron chi connectivity index (χ3n) is 4.86. The van der Waals surface area contributed by atoms with E-state index < -0.39 is 0 Å². The number of rotatable bonds is 2. The topological polar surface area (TPSA) is 42.3 Å². The van der Waals surface area contributed by atoms with Crippen molar-refractivity contribution in [2.75, 3.05) is 7.05 Å². The second-order valence-electron chi connectivity index (χ2n) is 6.36. The summed E-state index contributed by atoms with van der Waals surface area (Å²) in [6, 6.07) is 19.3. The number of aromatic nitrogens is 1. The lowest BCUT2D eigenvalue weighted by atomic mass is 10.0. The highest BCUT2D eigenvalue weighted by molar-refractivity contribution is 5.95. The zero-order valence-electron chi connectivity index (χ0n) is 14.1. The monoisotopic (exact) mass is 330 g/mol. The van der Waals surface area contributed by atoms with Gasteiger partial charge < -0.3 is 9.47 Å². The number of benzene rings is 2. The first-order chi connectivity index (χ1) is 12.1. The van der Waals surface area contributed by atoms with Crippen LogP contribution >= 0.6 is 0 Å².